The van der Waals surface area contributed by atoms with Crippen LogP contribution in [0.25, 0.3) is 11.2 Å². The average Bonchev–Trinajstić information content (AvgIpc) is 2.42. The van der Waals surface area contributed by atoms with Gasteiger partial charge in [-0.2, -0.15) is 10.2 Å². The van der Waals surface area contributed by atoms with Crippen molar-refractivity contribution in [1.29, 1.82) is 0 Å². The van der Waals surface area contributed by atoms with Gasteiger partial charge >= 0.3 is 0 Å². The SMILES string of the molecule is Cc1ccc(Cc2nc(N)c3nccnc3n2)nn1. The molecule has 0 unspecified atom stereocenters. The molecule has 94 valence electrons. The van der Waals surface area contributed by atoms with E-state index in [0.29, 0.717) is 29.2 Å². The van der Waals surface area contributed by atoms with Crippen molar-refractivity contribution in [2.75, 3.05) is 5.73 Å². The van der Waals surface area contributed by atoms with E-state index < -0.39 is 0 Å². The Labute approximate surface area is 109 Å². The molecule has 0 amide bonds. The molecule has 0 saturated carbocycles. The summed E-state index contributed by atoms with van der Waals surface area (Å²) >= 11 is 0. The molecule has 0 fully saturated rings. The van der Waals surface area contributed by atoms with Crippen LogP contribution in [0.3, 0.4) is 0 Å². The molecular weight excluding hydrogens is 242 g/mol. The second-order valence-corrected chi connectivity index (χ2v) is 4.10. The van der Waals surface area contributed by atoms with Gasteiger partial charge < -0.3 is 5.73 Å². The second kappa shape index (κ2) is 4.52. The largest absolute Gasteiger partial charge is 0.382 e. The van der Waals surface area contributed by atoms with Gasteiger partial charge in [0.25, 0.3) is 0 Å². The first kappa shape index (κ1) is 11.4. The van der Waals surface area contributed by atoms with Gasteiger partial charge in [-0.25, -0.2) is 19.9 Å². The van der Waals surface area contributed by atoms with Crippen LogP contribution in [-0.4, -0.2) is 30.1 Å². The van der Waals surface area contributed by atoms with Crippen molar-refractivity contribution in [3.63, 3.8) is 0 Å². The average molecular weight is 253 g/mol. The van der Waals surface area contributed by atoms with Gasteiger partial charge in [-0.1, -0.05) is 0 Å². The lowest BCUT2D eigenvalue weighted by Crippen LogP contribution is -2.05. The van der Waals surface area contributed by atoms with Gasteiger partial charge in [-0.05, 0) is 19.1 Å². The summed E-state index contributed by atoms with van der Waals surface area (Å²) in [4.78, 5) is 16.8. The van der Waals surface area contributed by atoms with E-state index in [2.05, 4.69) is 30.1 Å². The van der Waals surface area contributed by atoms with Crippen LogP contribution in [0.2, 0.25) is 0 Å². The van der Waals surface area contributed by atoms with Crippen LogP contribution in [-0.2, 0) is 6.42 Å². The third-order valence-electron chi connectivity index (χ3n) is 2.60. The van der Waals surface area contributed by atoms with Crippen molar-refractivity contribution in [2.24, 2.45) is 0 Å². The van der Waals surface area contributed by atoms with Gasteiger partial charge in [0.1, 0.15) is 11.3 Å². The molecule has 19 heavy (non-hydrogen) atoms. The van der Waals surface area contributed by atoms with E-state index in [1.54, 1.807) is 12.4 Å². The molecule has 0 aromatic carbocycles. The van der Waals surface area contributed by atoms with Crippen molar-refractivity contribution in [2.45, 2.75) is 13.3 Å². The van der Waals surface area contributed by atoms with Gasteiger partial charge in [-0.3, -0.25) is 0 Å². The summed E-state index contributed by atoms with van der Waals surface area (Å²) in [6.45, 7) is 1.89. The maximum absolute atomic E-state index is 5.85. The van der Waals surface area contributed by atoms with Gasteiger partial charge in [0.05, 0.1) is 17.8 Å². The van der Waals surface area contributed by atoms with Crippen LogP contribution in [0.5, 0.6) is 0 Å². The highest BCUT2D eigenvalue weighted by molar-refractivity contribution is 5.80. The fourth-order valence-corrected chi connectivity index (χ4v) is 1.69. The molecule has 7 heteroatoms. The van der Waals surface area contributed by atoms with Crippen molar-refractivity contribution in [3.05, 3.63) is 41.7 Å². The maximum atomic E-state index is 5.85. The molecule has 0 aliphatic heterocycles. The van der Waals surface area contributed by atoms with Crippen LogP contribution in [0, 0.1) is 6.92 Å². The molecule has 3 heterocycles. The summed E-state index contributed by atoms with van der Waals surface area (Å²) in [5.41, 5.74) is 8.51. The van der Waals surface area contributed by atoms with Crippen LogP contribution in [0.4, 0.5) is 5.82 Å². The lowest BCUT2D eigenvalue weighted by Gasteiger charge is -2.03. The van der Waals surface area contributed by atoms with Crippen molar-refractivity contribution in [1.82, 2.24) is 30.1 Å². The molecule has 0 aliphatic carbocycles. The van der Waals surface area contributed by atoms with Crippen molar-refractivity contribution >= 4 is 17.0 Å². The van der Waals surface area contributed by atoms with E-state index >= 15 is 0 Å². The van der Waals surface area contributed by atoms with Crippen LogP contribution < -0.4 is 5.73 Å². The number of anilines is 1. The third-order valence-corrected chi connectivity index (χ3v) is 2.60. The Morgan fingerprint density at radius 3 is 2.68 bits per heavy atom. The highest BCUT2D eigenvalue weighted by atomic mass is 15.1. The summed E-state index contributed by atoms with van der Waals surface area (Å²) in [7, 11) is 0. The minimum atomic E-state index is 0.327. The molecule has 0 spiro atoms. The number of fused-ring (bicyclic) bond motifs is 1. The van der Waals surface area contributed by atoms with E-state index in [4.69, 9.17) is 5.73 Å². The molecule has 0 saturated heterocycles. The molecule has 3 aromatic rings. The van der Waals surface area contributed by atoms with Crippen LogP contribution >= 0.6 is 0 Å². The summed E-state index contributed by atoms with van der Waals surface area (Å²) in [6, 6.07) is 3.79. The van der Waals surface area contributed by atoms with Crippen LogP contribution in [0.15, 0.2) is 24.5 Å². The topological polar surface area (TPSA) is 103 Å². The lowest BCUT2D eigenvalue weighted by atomic mass is 10.2. The first-order valence-electron chi connectivity index (χ1n) is 5.75. The van der Waals surface area contributed by atoms with Gasteiger partial charge in [-0.15, -0.1) is 0 Å². The summed E-state index contributed by atoms with van der Waals surface area (Å²) in [6.07, 6.45) is 3.60. The Hall–Kier alpha value is -2.70. The molecule has 0 radical (unpaired) electrons. The molecule has 0 atom stereocenters. The van der Waals surface area contributed by atoms with Gasteiger partial charge in [0, 0.05) is 12.4 Å². The first-order chi connectivity index (χ1) is 9.22. The zero-order chi connectivity index (χ0) is 13.2. The number of hydrogen-bond acceptors (Lipinski definition) is 7. The molecule has 0 aliphatic rings. The maximum Gasteiger partial charge on any atom is 0.183 e. The highest BCUT2D eigenvalue weighted by Crippen LogP contribution is 2.13. The molecule has 2 N–H and O–H groups in total. The second-order valence-electron chi connectivity index (χ2n) is 4.10. The Balaban J connectivity index is 1.99. The number of aryl methyl sites for hydroxylation is 1. The van der Waals surface area contributed by atoms with Gasteiger partial charge in [0.2, 0.25) is 0 Å². The predicted octanol–water partition coefficient (Wildman–Crippen LogP) is 0.691. The van der Waals surface area contributed by atoms with E-state index in [0.717, 1.165) is 11.4 Å². The molecule has 7 nitrogen and oxygen atoms in total. The predicted molar refractivity (Wildman–Crippen MR) is 69.1 cm³/mol. The highest BCUT2D eigenvalue weighted by Gasteiger charge is 2.08. The molecule has 0 bridgehead atoms. The Bertz CT molecular complexity index is 724. The summed E-state index contributed by atoms with van der Waals surface area (Å²) in [5, 5.41) is 8.07. The quantitative estimate of drug-likeness (QED) is 0.716. The Kier molecular flexibility index (Phi) is 2.71. The standard InChI is InChI=1S/C12H11N7/c1-7-2-3-8(19-18-7)6-9-16-11(13)10-12(17-9)15-5-4-14-10/h2-5H,6H2,1H3,(H2,13,15,16,17). The fourth-order valence-electron chi connectivity index (χ4n) is 1.69. The monoisotopic (exact) mass is 253 g/mol. The lowest BCUT2D eigenvalue weighted by molar-refractivity contribution is 0.873. The summed E-state index contributed by atoms with van der Waals surface area (Å²) < 4.78 is 0. The normalized spacial score (nSPS) is 10.8. The smallest absolute Gasteiger partial charge is 0.183 e. The molecular formula is C12H11N7. The number of nitrogens with two attached hydrogens (primary N) is 1. The third kappa shape index (κ3) is 2.30. The molecule has 3 rings (SSSR count). The van der Waals surface area contributed by atoms with E-state index in [1.165, 1.54) is 0 Å². The van der Waals surface area contributed by atoms with Crippen molar-refractivity contribution < 1.29 is 0 Å². The summed E-state index contributed by atoms with van der Waals surface area (Å²) in [5.74, 6) is 0.886. The number of hydrogen-bond donors (Lipinski definition) is 1. The first-order valence-corrected chi connectivity index (χ1v) is 5.75. The van der Waals surface area contributed by atoms with E-state index in [1.807, 2.05) is 19.1 Å². The fraction of sp³-hybridized carbons (Fsp3) is 0.167. The molecule has 3 aromatic heterocycles. The number of rotatable bonds is 2. The Morgan fingerprint density at radius 1 is 1.05 bits per heavy atom. The van der Waals surface area contributed by atoms with Crippen LogP contribution in [0.1, 0.15) is 17.2 Å². The zero-order valence-corrected chi connectivity index (χ0v) is 10.3. The zero-order valence-electron chi connectivity index (χ0n) is 10.3. The minimum Gasteiger partial charge on any atom is -0.382 e. The number of nitrogen functional groups attached to an aromatic ring is 1. The number of nitrogens with zero attached hydrogens (tertiary/aromatic N) is 6. The Morgan fingerprint density at radius 2 is 1.89 bits per heavy atom. The van der Waals surface area contributed by atoms with Gasteiger partial charge in [0.15, 0.2) is 11.5 Å². The van der Waals surface area contributed by atoms with E-state index in [-0.39, 0.29) is 0 Å². The van der Waals surface area contributed by atoms with Crippen molar-refractivity contribution in [3.8, 4) is 0 Å². The number of aromatic nitrogens is 6. The minimum absolute atomic E-state index is 0.327. The van der Waals surface area contributed by atoms with E-state index in [9.17, 15) is 0 Å².